The standard InChI is InChI=1S/C9H9ClF2N2O2/c1-16-9(15)7-4(3-13)5(10)2-6(14-7)8(11)12/h2,8H,3,13H2,1H3. The summed E-state index contributed by atoms with van der Waals surface area (Å²) in [5.74, 6) is -0.843. The Kier molecular flexibility index (Phi) is 4.14. The molecule has 0 radical (unpaired) electrons. The van der Waals surface area contributed by atoms with Crippen LogP contribution in [0.15, 0.2) is 6.07 Å². The van der Waals surface area contributed by atoms with Crippen molar-refractivity contribution < 1.29 is 18.3 Å². The van der Waals surface area contributed by atoms with Crippen molar-refractivity contribution in [2.75, 3.05) is 7.11 Å². The molecule has 1 rings (SSSR count). The minimum atomic E-state index is -2.81. The van der Waals surface area contributed by atoms with Crippen LogP contribution in [0, 0.1) is 0 Å². The minimum absolute atomic E-state index is 0.0202. The van der Waals surface area contributed by atoms with Gasteiger partial charge in [0.2, 0.25) is 0 Å². The van der Waals surface area contributed by atoms with Crippen LogP contribution in [0.1, 0.15) is 28.2 Å². The molecule has 0 unspecified atom stereocenters. The Bertz CT molecular complexity index is 413. The van der Waals surface area contributed by atoms with Crippen molar-refractivity contribution in [3.05, 3.63) is 28.0 Å². The largest absolute Gasteiger partial charge is 0.464 e. The highest BCUT2D eigenvalue weighted by molar-refractivity contribution is 6.31. The Balaban J connectivity index is 3.36. The molecular weight excluding hydrogens is 242 g/mol. The van der Waals surface area contributed by atoms with Gasteiger partial charge in [0.25, 0.3) is 6.43 Å². The molecule has 7 heteroatoms. The number of hydrogen-bond acceptors (Lipinski definition) is 4. The number of alkyl halides is 2. The molecule has 0 aliphatic heterocycles. The van der Waals surface area contributed by atoms with E-state index in [1.165, 1.54) is 0 Å². The fraction of sp³-hybridized carbons (Fsp3) is 0.333. The molecule has 0 saturated carbocycles. The van der Waals surface area contributed by atoms with Gasteiger partial charge in [-0.3, -0.25) is 0 Å². The van der Waals surface area contributed by atoms with Crippen LogP contribution in [0.4, 0.5) is 8.78 Å². The number of halogens is 3. The quantitative estimate of drug-likeness (QED) is 0.833. The van der Waals surface area contributed by atoms with Gasteiger partial charge in [-0.25, -0.2) is 18.6 Å². The number of carbonyl (C=O) groups is 1. The molecule has 1 aromatic heterocycles. The third-order valence-electron chi connectivity index (χ3n) is 1.90. The van der Waals surface area contributed by atoms with Crippen molar-refractivity contribution in [1.29, 1.82) is 0 Å². The first-order valence-electron chi connectivity index (χ1n) is 4.27. The number of ether oxygens (including phenoxy) is 1. The maximum absolute atomic E-state index is 12.4. The number of esters is 1. The third-order valence-corrected chi connectivity index (χ3v) is 2.23. The molecule has 0 spiro atoms. The molecule has 0 fully saturated rings. The summed E-state index contributed by atoms with van der Waals surface area (Å²) >= 11 is 5.72. The zero-order valence-electron chi connectivity index (χ0n) is 8.34. The first kappa shape index (κ1) is 12.8. The number of carbonyl (C=O) groups excluding carboxylic acids is 1. The van der Waals surface area contributed by atoms with Gasteiger partial charge in [0.05, 0.1) is 7.11 Å². The Hall–Kier alpha value is -1.27. The fourth-order valence-electron chi connectivity index (χ4n) is 1.13. The van der Waals surface area contributed by atoms with Crippen molar-refractivity contribution >= 4 is 17.6 Å². The maximum Gasteiger partial charge on any atom is 0.357 e. The molecule has 88 valence electrons. The second-order valence-electron chi connectivity index (χ2n) is 2.85. The lowest BCUT2D eigenvalue weighted by atomic mass is 10.1. The highest BCUT2D eigenvalue weighted by atomic mass is 35.5. The van der Waals surface area contributed by atoms with Crippen LogP contribution in [0.25, 0.3) is 0 Å². The lowest BCUT2D eigenvalue weighted by Gasteiger charge is -2.09. The molecule has 16 heavy (non-hydrogen) atoms. The molecule has 0 aliphatic rings. The van der Waals surface area contributed by atoms with Gasteiger partial charge in [0.1, 0.15) is 5.69 Å². The van der Waals surface area contributed by atoms with Crippen molar-refractivity contribution in [2.24, 2.45) is 5.73 Å². The summed E-state index contributed by atoms with van der Waals surface area (Å²) in [5, 5.41) is -0.0202. The molecule has 2 N–H and O–H groups in total. The van der Waals surface area contributed by atoms with Crippen molar-refractivity contribution in [2.45, 2.75) is 13.0 Å². The summed E-state index contributed by atoms with van der Waals surface area (Å²) in [7, 11) is 1.12. The minimum Gasteiger partial charge on any atom is -0.464 e. The monoisotopic (exact) mass is 250 g/mol. The highest BCUT2D eigenvalue weighted by Gasteiger charge is 2.20. The Morgan fingerprint density at radius 2 is 2.31 bits per heavy atom. The number of nitrogens with two attached hydrogens (primary N) is 1. The number of aromatic nitrogens is 1. The van der Waals surface area contributed by atoms with Crippen molar-refractivity contribution in [3.8, 4) is 0 Å². The Morgan fingerprint density at radius 3 is 2.75 bits per heavy atom. The van der Waals surface area contributed by atoms with Gasteiger partial charge < -0.3 is 10.5 Å². The molecule has 0 atom stereocenters. The molecule has 0 amide bonds. The predicted molar refractivity (Wildman–Crippen MR) is 53.4 cm³/mol. The molecule has 0 aliphatic carbocycles. The second-order valence-corrected chi connectivity index (χ2v) is 3.26. The van der Waals surface area contributed by atoms with Crippen LogP contribution in [0.5, 0.6) is 0 Å². The van der Waals surface area contributed by atoms with Crippen molar-refractivity contribution in [3.63, 3.8) is 0 Å². The average Bonchev–Trinajstić information content (AvgIpc) is 2.26. The molecule has 0 aromatic carbocycles. The van der Waals surface area contributed by atoms with E-state index in [4.69, 9.17) is 17.3 Å². The predicted octanol–water partition coefficient (Wildman–Crippen LogP) is 1.92. The fourth-order valence-corrected chi connectivity index (χ4v) is 1.41. The number of hydrogen-bond donors (Lipinski definition) is 1. The van der Waals surface area contributed by atoms with Crippen LogP contribution >= 0.6 is 11.6 Å². The lowest BCUT2D eigenvalue weighted by molar-refractivity contribution is 0.0591. The summed E-state index contributed by atoms with van der Waals surface area (Å²) in [6.45, 7) is -0.0835. The van der Waals surface area contributed by atoms with Crippen LogP contribution in [-0.2, 0) is 11.3 Å². The van der Waals surface area contributed by atoms with E-state index in [-0.39, 0.29) is 22.8 Å². The highest BCUT2D eigenvalue weighted by Crippen LogP contribution is 2.25. The van der Waals surface area contributed by atoms with Crippen LogP contribution in [0.3, 0.4) is 0 Å². The van der Waals surface area contributed by atoms with Crippen LogP contribution in [-0.4, -0.2) is 18.1 Å². The van der Waals surface area contributed by atoms with Gasteiger partial charge >= 0.3 is 5.97 Å². The summed E-state index contributed by atoms with van der Waals surface area (Å²) in [6, 6.07) is 0.987. The number of rotatable bonds is 3. The molecular formula is C9H9ClF2N2O2. The van der Waals surface area contributed by atoms with Gasteiger partial charge in [0.15, 0.2) is 5.69 Å². The van der Waals surface area contributed by atoms with Crippen LogP contribution < -0.4 is 5.73 Å². The summed E-state index contributed by atoms with van der Waals surface area (Å²) in [5.41, 5.74) is 4.69. The summed E-state index contributed by atoms with van der Waals surface area (Å²) in [4.78, 5) is 14.8. The molecule has 1 aromatic rings. The van der Waals surface area contributed by atoms with Gasteiger partial charge in [0, 0.05) is 17.1 Å². The summed E-state index contributed by atoms with van der Waals surface area (Å²) in [6.07, 6.45) is -2.81. The number of methoxy groups -OCH3 is 1. The zero-order chi connectivity index (χ0) is 12.3. The van der Waals surface area contributed by atoms with E-state index in [0.717, 1.165) is 13.2 Å². The number of nitrogens with zero attached hydrogens (tertiary/aromatic N) is 1. The molecule has 1 heterocycles. The smallest absolute Gasteiger partial charge is 0.357 e. The van der Waals surface area contributed by atoms with Crippen molar-refractivity contribution in [1.82, 2.24) is 4.98 Å². The zero-order valence-corrected chi connectivity index (χ0v) is 9.09. The summed E-state index contributed by atoms with van der Waals surface area (Å²) < 4.78 is 29.3. The van der Waals surface area contributed by atoms with Gasteiger partial charge in [-0.05, 0) is 6.07 Å². The third kappa shape index (κ3) is 2.45. The van der Waals surface area contributed by atoms with Crippen LogP contribution in [0.2, 0.25) is 5.02 Å². The van der Waals surface area contributed by atoms with Gasteiger partial charge in [-0.2, -0.15) is 0 Å². The normalized spacial score (nSPS) is 10.6. The molecule has 4 nitrogen and oxygen atoms in total. The van der Waals surface area contributed by atoms with E-state index in [1.54, 1.807) is 0 Å². The van der Waals surface area contributed by atoms with E-state index in [0.29, 0.717) is 0 Å². The Labute approximate surface area is 95.4 Å². The van der Waals surface area contributed by atoms with E-state index < -0.39 is 18.1 Å². The second kappa shape index (κ2) is 5.18. The maximum atomic E-state index is 12.4. The molecule has 0 saturated heterocycles. The van der Waals surface area contributed by atoms with E-state index in [9.17, 15) is 13.6 Å². The van der Waals surface area contributed by atoms with E-state index in [2.05, 4.69) is 9.72 Å². The van der Waals surface area contributed by atoms with E-state index in [1.807, 2.05) is 0 Å². The van der Waals surface area contributed by atoms with E-state index >= 15 is 0 Å². The Morgan fingerprint density at radius 1 is 1.69 bits per heavy atom. The first-order valence-corrected chi connectivity index (χ1v) is 4.64. The SMILES string of the molecule is COC(=O)c1nc(C(F)F)cc(Cl)c1CN. The molecule has 0 bridgehead atoms. The van der Waals surface area contributed by atoms with Gasteiger partial charge in [-0.1, -0.05) is 11.6 Å². The topological polar surface area (TPSA) is 65.2 Å². The lowest BCUT2D eigenvalue weighted by Crippen LogP contribution is -2.14. The first-order chi connectivity index (χ1) is 7.51. The average molecular weight is 251 g/mol. The number of pyridine rings is 1. The van der Waals surface area contributed by atoms with Gasteiger partial charge in [-0.15, -0.1) is 0 Å².